The molecule has 2 aromatic rings. The zero-order chi connectivity index (χ0) is 19.6. The molecule has 0 bridgehead atoms. The Morgan fingerprint density at radius 3 is 2.04 bits per heavy atom. The highest BCUT2D eigenvalue weighted by Gasteiger charge is 2.26. The summed E-state index contributed by atoms with van der Waals surface area (Å²) in [5, 5.41) is 27.5. The molecule has 0 spiro atoms. The van der Waals surface area contributed by atoms with Gasteiger partial charge in [0.1, 0.15) is 22.7 Å². The summed E-state index contributed by atoms with van der Waals surface area (Å²) in [6.07, 6.45) is -1.12. The molecular weight excluding hydrogens is 348 g/mol. The molecule has 1 unspecified atom stereocenters. The number of aromatic carboxylic acids is 2. The summed E-state index contributed by atoms with van der Waals surface area (Å²) < 4.78 is 5.14. The highest BCUT2D eigenvalue weighted by Crippen LogP contribution is 2.30. The number of aromatic amines is 1. The van der Waals surface area contributed by atoms with Crippen LogP contribution in [0.1, 0.15) is 27.6 Å². The quantitative estimate of drug-likeness (QED) is 0.498. The van der Waals surface area contributed by atoms with Gasteiger partial charge in [0.15, 0.2) is 6.10 Å². The van der Waals surface area contributed by atoms with Crippen molar-refractivity contribution in [3.05, 3.63) is 45.7 Å². The minimum Gasteiger partial charge on any atom is -0.479 e. The Hall–Kier alpha value is -3.82. The molecule has 1 aromatic heterocycles. The number of hydrogen-bond acceptors (Lipinski definition) is 6. The van der Waals surface area contributed by atoms with Gasteiger partial charge >= 0.3 is 17.9 Å². The predicted octanol–water partition coefficient (Wildman–Crippen LogP) is 0.872. The van der Waals surface area contributed by atoms with E-state index < -0.39 is 46.5 Å². The van der Waals surface area contributed by atoms with Crippen LogP contribution in [0.25, 0.3) is 11.1 Å². The third-order valence-corrected chi connectivity index (χ3v) is 3.48. The van der Waals surface area contributed by atoms with Crippen LogP contribution in [0.3, 0.4) is 0 Å². The van der Waals surface area contributed by atoms with Crippen molar-refractivity contribution in [3.8, 4) is 16.9 Å². The van der Waals surface area contributed by atoms with E-state index in [1.165, 1.54) is 31.2 Å². The standard InChI is InChI=1S/C16H14N2O8/c1-6(14(20)21)26-8-4-2-7(3-5-8)9-10(15(22)23)12(17)18-13(19)11(9)16(24)25/h2-6H,1H3,(H,20,21)(H,22,23)(H,24,25)(H3,17,18,19). The lowest BCUT2D eigenvalue weighted by atomic mass is 9.95. The normalized spacial score (nSPS) is 11.6. The second-order valence-corrected chi connectivity index (χ2v) is 5.23. The third kappa shape index (κ3) is 3.48. The molecule has 2 rings (SSSR count). The van der Waals surface area contributed by atoms with Crippen LogP contribution in [0.2, 0.25) is 0 Å². The van der Waals surface area contributed by atoms with Crippen LogP contribution in [-0.2, 0) is 4.79 Å². The van der Waals surface area contributed by atoms with Gasteiger partial charge in [0.05, 0.1) is 0 Å². The third-order valence-electron chi connectivity index (χ3n) is 3.48. The number of aliphatic carboxylic acids is 1. The number of pyridine rings is 1. The van der Waals surface area contributed by atoms with Crippen molar-refractivity contribution in [1.29, 1.82) is 0 Å². The Labute approximate surface area is 145 Å². The molecule has 0 saturated heterocycles. The molecule has 1 heterocycles. The van der Waals surface area contributed by atoms with Crippen LogP contribution in [0, 0.1) is 0 Å². The van der Waals surface area contributed by atoms with Crippen molar-refractivity contribution in [1.82, 2.24) is 4.98 Å². The SMILES string of the molecule is CC(Oc1ccc(-c2c(C(=O)O)c(N)[nH]c(=O)c2C(=O)O)cc1)C(=O)O. The van der Waals surface area contributed by atoms with Crippen molar-refractivity contribution in [2.24, 2.45) is 0 Å². The number of ether oxygens (including phenoxy) is 1. The van der Waals surface area contributed by atoms with Gasteiger partial charge in [-0.1, -0.05) is 12.1 Å². The maximum atomic E-state index is 11.9. The molecule has 1 atom stereocenters. The first-order valence-electron chi connectivity index (χ1n) is 7.15. The van der Waals surface area contributed by atoms with Crippen molar-refractivity contribution in [2.45, 2.75) is 13.0 Å². The van der Waals surface area contributed by atoms with Crippen LogP contribution in [0.4, 0.5) is 5.82 Å². The van der Waals surface area contributed by atoms with Crippen molar-refractivity contribution in [3.63, 3.8) is 0 Å². The zero-order valence-corrected chi connectivity index (χ0v) is 13.3. The monoisotopic (exact) mass is 362 g/mol. The first-order chi connectivity index (χ1) is 12.1. The molecular formula is C16H14N2O8. The van der Waals surface area contributed by atoms with E-state index in [0.717, 1.165) is 0 Å². The van der Waals surface area contributed by atoms with E-state index in [9.17, 15) is 29.4 Å². The van der Waals surface area contributed by atoms with Gasteiger partial charge in [-0.3, -0.25) is 4.79 Å². The summed E-state index contributed by atoms with van der Waals surface area (Å²) in [6, 6.07) is 5.25. The van der Waals surface area contributed by atoms with E-state index in [0.29, 0.717) is 0 Å². The van der Waals surface area contributed by atoms with Gasteiger partial charge < -0.3 is 30.8 Å². The van der Waals surface area contributed by atoms with E-state index in [4.69, 9.17) is 15.6 Å². The Balaban J connectivity index is 2.64. The van der Waals surface area contributed by atoms with Gasteiger partial charge in [0.25, 0.3) is 5.56 Å². The fourth-order valence-electron chi connectivity index (χ4n) is 2.29. The van der Waals surface area contributed by atoms with Gasteiger partial charge in [0, 0.05) is 5.56 Å². The number of carboxylic acids is 3. The topological polar surface area (TPSA) is 180 Å². The second kappa shape index (κ2) is 6.97. The second-order valence-electron chi connectivity index (χ2n) is 5.23. The van der Waals surface area contributed by atoms with E-state index >= 15 is 0 Å². The fraction of sp³-hybridized carbons (Fsp3) is 0.125. The number of anilines is 1. The number of aromatic nitrogens is 1. The number of carboxylic acid groups (broad SMARTS) is 3. The largest absolute Gasteiger partial charge is 0.479 e. The molecule has 0 fully saturated rings. The number of benzene rings is 1. The lowest BCUT2D eigenvalue weighted by Crippen LogP contribution is -2.24. The smallest absolute Gasteiger partial charge is 0.344 e. The van der Waals surface area contributed by atoms with E-state index in [2.05, 4.69) is 0 Å². The maximum Gasteiger partial charge on any atom is 0.344 e. The zero-order valence-electron chi connectivity index (χ0n) is 13.3. The lowest BCUT2D eigenvalue weighted by molar-refractivity contribution is -0.144. The molecule has 26 heavy (non-hydrogen) atoms. The van der Waals surface area contributed by atoms with Gasteiger partial charge in [-0.2, -0.15) is 0 Å². The van der Waals surface area contributed by atoms with E-state index in [1.807, 2.05) is 4.98 Å². The molecule has 10 heteroatoms. The number of H-pyrrole nitrogens is 1. The molecule has 0 aliphatic rings. The summed E-state index contributed by atoms with van der Waals surface area (Å²) in [5.74, 6) is -4.64. The Morgan fingerprint density at radius 1 is 1.04 bits per heavy atom. The molecule has 6 N–H and O–H groups in total. The summed E-state index contributed by atoms with van der Waals surface area (Å²) in [5.41, 5.74) is 2.89. The maximum absolute atomic E-state index is 11.9. The van der Waals surface area contributed by atoms with Crippen molar-refractivity contribution < 1.29 is 34.4 Å². The van der Waals surface area contributed by atoms with Crippen LogP contribution >= 0.6 is 0 Å². The molecule has 0 aliphatic heterocycles. The number of rotatable bonds is 6. The average molecular weight is 362 g/mol. The Morgan fingerprint density at radius 2 is 1.58 bits per heavy atom. The summed E-state index contributed by atoms with van der Waals surface area (Å²) >= 11 is 0. The Bertz CT molecular complexity index is 946. The number of carbonyl (C=O) groups is 3. The molecule has 0 radical (unpaired) electrons. The van der Waals surface area contributed by atoms with Gasteiger partial charge in [-0.05, 0) is 24.6 Å². The number of nitrogen functional groups attached to an aromatic ring is 1. The summed E-state index contributed by atoms with van der Waals surface area (Å²) in [4.78, 5) is 47.7. The van der Waals surface area contributed by atoms with Gasteiger partial charge in [0.2, 0.25) is 0 Å². The molecule has 136 valence electrons. The molecule has 0 saturated carbocycles. The highest BCUT2D eigenvalue weighted by molar-refractivity contribution is 6.07. The highest BCUT2D eigenvalue weighted by atomic mass is 16.5. The van der Waals surface area contributed by atoms with Crippen LogP contribution < -0.4 is 16.0 Å². The van der Waals surface area contributed by atoms with E-state index in [1.54, 1.807) is 0 Å². The average Bonchev–Trinajstić information content (AvgIpc) is 2.53. The molecule has 0 amide bonds. The van der Waals surface area contributed by atoms with Crippen LogP contribution in [-0.4, -0.2) is 44.3 Å². The summed E-state index contributed by atoms with van der Waals surface area (Å²) in [7, 11) is 0. The number of nitrogens with two attached hydrogens (primary N) is 1. The van der Waals surface area contributed by atoms with Crippen LogP contribution in [0.5, 0.6) is 5.75 Å². The minimum absolute atomic E-state index is 0.0907. The molecule has 10 nitrogen and oxygen atoms in total. The lowest BCUT2D eigenvalue weighted by Gasteiger charge is -2.14. The summed E-state index contributed by atoms with van der Waals surface area (Å²) in [6.45, 7) is 1.32. The fourth-order valence-corrected chi connectivity index (χ4v) is 2.29. The number of hydrogen-bond donors (Lipinski definition) is 5. The number of nitrogens with one attached hydrogen (secondary N) is 1. The van der Waals surface area contributed by atoms with Gasteiger partial charge in [-0.15, -0.1) is 0 Å². The van der Waals surface area contributed by atoms with Gasteiger partial charge in [-0.25, -0.2) is 14.4 Å². The first kappa shape index (κ1) is 18.5. The molecule has 1 aromatic carbocycles. The Kier molecular flexibility index (Phi) is 4.96. The molecule has 0 aliphatic carbocycles. The minimum atomic E-state index is -1.62. The van der Waals surface area contributed by atoms with Crippen LogP contribution in [0.15, 0.2) is 29.1 Å². The first-order valence-corrected chi connectivity index (χ1v) is 7.15. The van der Waals surface area contributed by atoms with Crippen molar-refractivity contribution >= 4 is 23.7 Å². The van der Waals surface area contributed by atoms with Crippen molar-refractivity contribution in [2.75, 3.05) is 5.73 Å². The van der Waals surface area contributed by atoms with E-state index in [-0.39, 0.29) is 16.9 Å². The predicted molar refractivity (Wildman–Crippen MR) is 88.6 cm³/mol.